The Kier molecular flexibility index (Phi) is 5.31. The molecule has 1 aromatic rings. The highest BCUT2D eigenvalue weighted by Crippen LogP contribution is 2.08. The summed E-state index contributed by atoms with van der Waals surface area (Å²) in [7, 11) is 0. The van der Waals surface area contributed by atoms with Crippen LogP contribution in [0.2, 0.25) is 0 Å². The Bertz CT molecular complexity index is 428. The second kappa shape index (κ2) is 7.21. The van der Waals surface area contributed by atoms with Crippen LogP contribution in [0.25, 0.3) is 0 Å². The molecule has 3 N–H and O–H groups in total. The van der Waals surface area contributed by atoms with Crippen molar-refractivity contribution in [2.24, 2.45) is 10.9 Å². The van der Waals surface area contributed by atoms with Gasteiger partial charge in [-0.25, -0.2) is 0 Å². The molecular formula is C14H23N5O. The first-order valence-corrected chi connectivity index (χ1v) is 7.03. The Hall–Kier alpha value is -1.66. The van der Waals surface area contributed by atoms with Crippen molar-refractivity contribution in [3.05, 3.63) is 30.1 Å². The summed E-state index contributed by atoms with van der Waals surface area (Å²) in [4.78, 5) is 8.83. The van der Waals surface area contributed by atoms with Crippen LogP contribution in [0.3, 0.4) is 0 Å². The summed E-state index contributed by atoms with van der Waals surface area (Å²) in [6.07, 6.45) is 4.76. The molecule has 2 heterocycles. The van der Waals surface area contributed by atoms with Gasteiger partial charge in [0.05, 0.1) is 6.04 Å². The quantitative estimate of drug-likeness (QED) is 0.352. The van der Waals surface area contributed by atoms with Gasteiger partial charge in [0.1, 0.15) is 0 Å². The number of pyridine rings is 1. The Morgan fingerprint density at radius 3 is 2.80 bits per heavy atom. The van der Waals surface area contributed by atoms with Gasteiger partial charge in [0.2, 0.25) is 0 Å². The second-order valence-corrected chi connectivity index (χ2v) is 5.19. The number of nitrogens with zero attached hydrogens (tertiary/aromatic N) is 4. The molecule has 6 nitrogen and oxygen atoms in total. The van der Waals surface area contributed by atoms with Crippen LogP contribution in [-0.4, -0.2) is 64.6 Å². The van der Waals surface area contributed by atoms with Crippen molar-refractivity contribution >= 4 is 5.84 Å². The Labute approximate surface area is 119 Å². The minimum atomic E-state index is 0.000438. The van der Waals surface area contributed by atoms with Gasteiger partial charge >= 0.3 is 0 Å². The second-order valence-electron chi connectivity index (χ2n) is 5.19. The third kappa shape index (κ3) is 3.91. The molecule has 0 aromatic carbocycles. The maximum absolute atomic E-state index is 8.72. The lowest BCUT2D eigenvalue weighted by Gasteiger charge is -2.37. The van der Waals surface area contributed by atoms with Crippen molar-refractivity contribution in [1.29, 1.82) is 0 Å². The van der Waals surface area contributed by atoms with Gasteiger partial charge in [-0.3, -0.25) is 9.88 Å². The van der Waals surface area contributed by atoms with E-state index in [0.717, 1.165) is 39.1 Å². The molecule has 0 aliphatic carbocycles. The van der Waals surface area contributed by atoms with Crippen LogP contribution in [-0.2, 0) is 6.42 Å². The number of oxime groups is 1. The lowest BCUT2D eigenvalue weighted by molar-refractivity contribution is 0.122. The predicted octanol–water partition coefficient (Wildman–Crippen LogP) is 0.377. The minimum Gasteiger partial charge on any atom is -0.409 e. The molecule has 1 atom stereocenters. The molecule has 20 heavy (non-hydrogen) atoms. The molecule has 1 unspecified atom stereocenters. The Morgan fingerprint density at radius 1 is 1.45 bits per heavy atom. The van der Waals surface area contributed by atoms with E-state index >= 15 is 0 Å². The zero-order chi connectivity index (χ0) is 14.4. The van der Waals surface area contributed by atoms with Gasteiger partial charge in [0, 0.05) is 45.1 Å². The fourth-order valence-corrected chi connectivity index (χ4v) is 2.48. The molecule has 6 heteroatoms. The summed E-state index contributed by atoms with van der Waals surface area (Å²) >= 11 is 0. The number of piperazine rings is 1. The van der Waals surface area contributed by atoms with Crippen LogP contribution >= 0.6 is 0 Å². The molecule has 1 fully saturated rings. The van der Waals surface area contributed by atoms with Crippen molar-refractivity contribution in [2.45, 2.75) is 19.4 Å². The number of aromatic nitrogens is 1. The van der Waals surface area contributed by atoms with E-state index in [9.17, 15) is 0 Å². The fraction of sp³-hybridized carbons (Fsp3) is 0.571. The molecule has 1 aliphatic rings. The molecule has 1 aliphatic heterocycles. The third-order valence-electron chi connectivity index (χ3n) is 3.94. The van der Waals surface area contributed by atoms with Crippen LogP contribution < -0.4 is 5.73 Å². The average Bonchev–Trinajstić information content (AvgIpc) is 2.53. The zero-order valence-electron chi connectivity index (χ0n) is 11.9. The molecule has 0 saturated carbocycles. The van der Waals surface area contributed by atoms with Gasteiger partial charge < -0.3 is 15.8 Å². The molecule has 110 valence electrons. The van der Waals surface area contributed by atoms with Crippen LogP contribution in [0.5, 0.6) is 0 Å². The smallest absolute Gasteiger partial charge is 0.156 e. The lowest BCUT2D eigenvalue weighted by atomic mass is 10.1. The standard InChI is InChI=1S/C14H23N5O/c1-12(14(15)17-20)19-9-7-18(8-10-19)6-4-13-3-2-5-16-11-13/h2-3,5,11-12,20H,4,6-10H2,1H3,(H2,15,17). The molecule has 0 bridgehead atoms. The SMILES string of the molecule is CC(C(N)=NO)N1CCN(CCc2cccnc2)CC1. The van der Waals surface area contributed by atoms with Crippen molar-refractivity contribution in [1.82, 2.24) is 14.8 Å². The monoisotopic (exact) mass is 277 g/mol. The number of hydrogen-bond donors (Lipinski definition) is 2. The zero-order valence-corrected chi connectivity index (χ0v) is 11.9. The summed E-state index contributed by atoms with van der Waals surface area (Å²) in [5, 5.41) is 11.8. The molecule has 1 saturated heterocycles. The van der Waals surface area contributed by atoms with E-state index in [4.69, 9.17) is 10.9 Å². The summed E-state index contributed by atoms with van der Waals surface area (Å²) in [5.41, 5.74) is 6.93. The van der Waals surface area contributed by atoms with Crippen LogP contribution in [0, 0.1) is 0 Å². The van der Waals surface area contributed by atoms with Crippen molar-refractivity contribution in [2.75, 3.05) is 32.7 Å². The maximum Gasteiger partial charge on any atom is 0.156 e. The van der Waals surface area contributed by atoms with Gasteiger partial charge in [0.25, 0.3) is 0 Å². The Balaban J connectivity index is 1.74. The van der Waals surface area contributed by atoms with E-state index in [0.29, 0.717) is 0 Å². The van der Waals surface area contributed by atoms with Gasteiger partial charge in [-0.1, -0.05) is 11.2 Å². The maximum atomic E-state index is 8.72. The molecule has 0 radical (unpaired) electrons. The van der Waals surface area contributed by atoms with E-state index in [2.05, 4.69) is 26.0 Å². The van der Waals surface area contributed by atoms with Crippen LogP contribution in [0.4, 0.5) is 0 Å². The van der Waals surface area contributed by atoms with E-state index < -0.39 is 0 Å². The Morgan fingerprint density at radius 2 is 2.20 bits per heavy atom. The van der Waals surface area contributed by atoms with E-state index in [1.165, 1.54) is 5.56 Å². The molecule has 0 spiro atoms. The average molecular weight is 277 g/mol. The molecule has 0 amide bonds. The summed E-state index contributed by atoms with van der Waals surface area (Å²) in [6.45, 7) is 6.96. The third-order valence-corrected chi connectivity index (χ3v) is 3.94. The number of amidine groups is 1. The highest BCUT2D eigenvalue weighted by molar-refractivity contribution is 5.84. The van der Waals surface area contributed by atoms with Crippen LogP contribution in [0.1, 0.15) is 12.5 Å². The predicted molar refractivity (Wildman–Crippen MR) is 78.8 cm³/mol. The van der Waals surface area contributed by atoms with Gasteiger partial charge in [-0.05, 0) is 25.0 Å². The van der Waals surface area contributed by atoms with Crippen molar-refractivity contribution in [3.8, 4) is 0 Å². The normalized spacial score (nSPS) is 19.9. The van der Waals surface area contributed by atoms with E-state index in [1.54, 1.807) is 6.20 Å². The first-order valence-electron chi connectivity index (χ1n) is 7.03. The van der Waals surface area contributed by atoms with Crippen molar-refractivity contribution < 1.29 is 5.21 Å². The van der Waals surface area contributed by atoms with Crippen LogP contribution in [0.15, 0.2) is 29.7 Å². The lowest BCUT2D eigenvalue weighted by Crippen LogP contribution is -2.53. The molecule has 2 rings (SSSR count). The first-order chi connectivity index (χ1) is 9.70. The number of hydrogen-bond acceptors (Lipinski definition) is 5. The summed E-state index contributed by atoms with van der Waals surface area (Å²) < 4.78 is 0. The highest BCUT2D eigenvalue weighted by Gasteiger charge is 2.23. The van der Waals surface area contributed by atoms with E-state index in [-0.39, 0.29) is 11.9 Å². The topological polar surface area (TPSA) is 78.0 Å². The van der Waals surface area contributed by atoms with Crippen molar-refractivity contribution in [3.63, 3.8) is 0 Å². The van der Waals surface area contributed by atoms with E-state index in [1.807, 2.05) is 19.2 Å². The first kappa shape index (κ1) is 14.7. The minimum absolute atomic E-state index is 0.000438. The number of nitrogens with two attached hydrogens (primary N) is 1. The largest absolute Gasteiger partial charge is 0.409 e. The van der Waals surface area contributed by atoms with Gasteiger partial charge in [-0.15, -0.1) is 0 Å². The fourth-order valence-electron chi connectivity index (χ4n) is 2.48. The number of rotatable bonds is 5. The molecule has 1 aromatic heterocycles. The molecular weight excluding hydrogens is 254 g/mol. The summed E-state index contributed by atoms with van der Waals surface area (Å²) in [6, 6.07) is 4.09. The summed E-state index contributed by atoms with van der Waals surface area (Å²) in [5.74, 6) is 0.286. The van der Waals surface area contributed by atoms with Gasteiger partial charge in [-0.2, -0.15) is 0 Å². The van der Waals surface area contributed by atoms with Gasteiger partial charge in [0.15, 0.2) is 5.84 Å². The highest BCUT2D eigenvalue weighted by atomic mass is 16.4.